The monoisotopic (exact) mass is 257 g/mol. The lowest BCUT2D eigenvalue weighted by Gasteiger charge is -2.31. The molecule has 0 aromatic heterocycles. The Morgan fingerprint density at radius 1 is 1.47 bits per heavy atom. The lowest BCUT2D eigenvalue weighted by molar-refractivity contribution is -0.150. The molecule has 0 aliphatic carbocycles. The molecular formula is C14H15N3O2. The van der Waals surface area contributed by atoms with Crippen molar-refractivity contribution in [2.75, 3.05) is 6.54 Å². The molecule has 2 amide bonds. The molecule has 5 nitrogen and oxygen atoms in total. The minimum Gasteiger partial charge on any atom is -0.297 e. The molecule has 1 aliphatic rings. The Bertz CT molecular complexity index is 548. The minimum absolute atomic E-state index is 0.183. The molecule has 2 rings (SSSR count). The van der Waals surface area contributed by atoms with Crippen LogP contribution in [0.2, 0.25) is 0 Å². The fourth-order valence-corrected chi connectivity index (χ4v) is 2.11. The zero-order chi connectivity index (χ0) is 13.8. The van der Waals surface area contributed by atoms with Crippen molar-refractivity contribution in [2.24, 2.45) is 0 Å². The number of benzene rings is 1. The van der Waals surface area contributed by atoms with Crippen molar-refractivity contribution in [2.45, 2.75) is 25.9 Å². The molecule has 0 spiro atoms. The van der Waals surface area contributed by atoms with Gasteiger partial charge in [-0.3, -0.25) is 19.8 Å². The van der Waals surface area contributed by atoms with Crippen molar-refractivity contribution in [1.82, 2.24) is 10.2 Å². The zero-order valence-electron chi connectivity index (χ0n) is 10.7. The number of imide groups is 1. The Morgan fingerprint density at radius 2 is 2.26 bits per heavy atom. The van der Waals surface area contributed by atoms with Gasteiger partial charge in [-0.05, 0) is 24.1 Å². The highest BCUT2D eigenvalue weighted by Crippen LogP contribution is 2.12. The van der Waals surface area contributed by atoms with Crippen LogP contribution < -0.4 is 5.32 Å². The highest BCUT2D eigenvalue weighted by Gasteiger charge is 2.32. The van der Waals surface area contributed by atoms with Crippen molar-refractivity contribution < 1.29 is 9.59 Å². The van der Waals surface area contributed by atoms with Crippen LogP contribution >= 0.6 is 0 Å². The van der Waals surface area contributed by atoms with Crippen LogP contribution in [0.1, 0.15) is 24.5 Å². The van der Waals surface area contributed by atoms with Crippen molar-refractivity contribution in [3.63, 3.8) is 0 Å². The molecule has 0 bridgehead atoms. The van der Waals surface area contributed by atoms with Gasteiger partial charge in [-0.2, -0.15) is 5.26 Å². The van der Waals surface area contributed by atoms with Gasteiger partial charge in [-0.1, -0.05) is 19.1 Å². The number of hydrogen-bond donors (Lipinski definition) is 1. The number of nitrogens with one attached hydrogen (secondary N) is 1. The lowest BCUT2D eigenvalue weighted by Crippen LogP contribution is -2.57. The Kier molecular flexibility index (Phi) is 3.93. The van der Waals surface area contributed by atoms with Gasteiger partial charge < -0.3 is 0 Å². The lowest BCUT2D eigenvalue weighted by atomic mass is 10.1. The van der Waals surface area contributed by atoms with E-state index in [2.05, 4.69) is 5.32 Å². The topological polar surface area (TPSA) is 73.2 Å². The Hall–Kier alpha value is -2.19. The first-order chi connectivity index (χ1) is 9.15. The smallest absolute Gasteiger partial charge is 0.246 e. The molecule has 0 saturated carbocycles. The molecule has 98 valence electrons. The highest BCUT2D eigenvalue weighted by molar-refractivity contribution is 6.01. The molecule has 1 fully saturated rings. The molecule has 1 saturated heterocycles. The summed E-state index contributed by atoms with van der Waals surface area (Å²) >= 11 is 0. The van der Waals surface area contributed by atoms with Gasteiger partial charge in [-0.15, -0.1) is 0 Å². The van der Waals surface area contributed by atoms with E-state index in [-0.39, 0.29) is 30.9 Å². The van der Waals surface area contributed by atoms with Crippen molar-refractivity contribution in [3.8, 4) is 6.07 Å². The van der Waals surface area contributed by atoms with E-state index in [0.29, 0.717) is 12.0 Å². The van der Waals surface area contributed by atoms with Gasteiger partial charge in [0.1, 0.15) is 0 Å². The Morgan fingerprint density at radius 3 is 2.95 bits per heavy atom. The maximum Gasteiger partial charge on any atom is 0.246 e. The average Bonchev–Trinajstić information content (AvgIpc) is 2.44. The van der Waals surface area contributed by atoms with Gasteiger partial charge in [0.2, 0.25) is 11.8 Å². The summed E-state index contributed by atoms with van der Waals surface area (Å²) in [5.41, 5.74) is 1.32. The van der Waals surface area contributed by atoms with E-state index in [4.69, 9.17) is 5.26 Å². The second-order valence-electron chi connectivity index (χ2n) is 4.47. The number of amides is 2. The maximum atomic E-state index is 12.1. The number of rotatable bonds is 3. The molecule has 1 aromatic carbocycles. The third-order valence-corrected chi connectivity index (χ3v) is 3.17. The Balaban J connectivity index is 2.18. The molecule has 1 unspecified atom stereocenters. The van der Waals surface area contributed by atoms with Crippen LogP contribution in [-0.4, -0.2) is 29.3 Å². The number of carbonyl (C=O) groups is 2. The van der Waals surface area contributed by atoms with Gasteiger partial charge in [0, 0.05) is 0 Å². The summed E-state index contributed by atoms with van der Waals surface area (Å²) in [6.07, 6.45) is 0.654. The first kappa shape index (κ1) is 13.2. The number of piperazine rings is 1. The predicted molar refractivity (Wildman–Crippen MR) is 68.8 cm³/mol. The molecule has 19 heavy (non-hydrogen) atoms. The van der Waals surface area contributed by atoms with Gasteiger partial charge >= 0.3 is 0 Å². The first-order valence-electron chi connectivity index (χ1n) is 6.22. The van der Waals surface area contributed by atoms with Crippen LogP contribution in [0.15, 0.2) is 24.3 Å². The largest absolute Gasteiger partial charge is 0.297 e. The zero-order valence-corrected chi connectivity index (χ0v) is 10.7. The van der Waals surface area contributed by atoms with Crippen LogP contribution in [0.25, 0.3) is 0 Å². The fraction of sp³-hybridized carbons (Fsp3) is 0.357. The third-order valence-electron chi connectivity index (χ3n) is 3.17. The van der Waals surface area contributed by atoms with Crippen molar-refractivity contribution in [3.05, 3.63) is 35.4 Å². The van der Waals surface area contributed by atoms with Crippen molar-refractivity contribution >= 4 is 11.8 Å². The van der Waals surface area contributed by atoms with E-state index in [1.165, 1.54) is 4.90 Å². The number of nitrogens with zero attached hydrogens (tertiary/aromatic N) is 2. The maximum absolute atomic E-state index is 12.1. The van der Waals surface area contributed by atoms with E-state index in [0.717, 1.165) is 5.56 Å². The normalized spacial score (nSPS) is 19.4. The summed E-state index contributed by atoms with van der Waals surface area (Å²) in [6, 6.07) is 8.71. The summed E-state index contributed by atoms with van der Waals surface area (Å²) in [4.78, 5) is 25.2. The van der Waals surface area contributed by atoms with E-state index < -0.39 is 0 Å². The van der Waals surface area contributed by atoms with Gasteiger partial charge in [0.05, 0.1) is 30.8 Å². The second kappa shape index (κ2) is 5.63. The van der Waals surface area contributed by atoms with Gasteiger partial charge in [0.15, 0.2) is 0 Å². The molecule has 1 atom stereocenters. The summed E-state index contributed by atoms with van der Waals surface area (Å²) in [5.74, 6) is -0.418. The summed E-state index contributed by atoms with van der Waals surface area (Å²) in [5, 5.41) is 11.8. The van der Waals surface area contributed by atoms with E-state index in [1.807, 2.05) is 19.1 Å². The SMILES string of the molecule is CCC1NCC(=O)N(Cc2cccc(C#N)c2)C1=O. The number of hydrogen-bond acceptors (Lipinski definition) is 4. The summed E-state index contributed by atoms with van der Waals surface area (Å²) in [6.45, 7) is 2.31. The van der Waals surface area contributed by atoms with Crippen LogP contribution in [0.3, 0.4) is 0 Å². The standard InChI is InChI=1S/C14H15N3O2/c1-2-12-14(19)17(13(18)8-16-12)9-11-5-3-4-10(6-11)7-15/h3-6,12,16H,2,8-9H2,1H3. The minimum atomic E-state index is -0.295. The predicted octanol–water partition coefficient (Wildman–Crippen LogP) is 0.795. The first-order valence-corrected chi connectivity index (χ1v) is 6.22. The van der Waals surface area contributed by atoms with Crippen LogP contribution in [0.4, 0.5) is 0 Å². The molecular weight excluding hydrogens is 242 g/mol. The van der Waals surface area contributed by atoms with Crippen LogP contribution in [0.5, 0.6) is 0 Å². The molecule has 1 N–H and O–H groups in total. The molecule has 1 heterocycles. The molecule has 1 aliphatic heterocycles. The van der Waals surface area contributed by atoms with E-state index >= 15 is 0 Å². The van der Waals surface area contributed by atoms with E-state index in [1.54, 1.807) is 18.2 Å². The highest BCUT2D eigenvalue weighted by atomic mass is 16.2. The second-order valence-corrected chi connectivity index (χ2v) is 4.47. The quantitative estimate of drug-likeness (QED) is 0.813. The molecule has 0 radical (unpaired) electrons. The fourth-order valence-electron chi connectivity index (χ4n) is 2.11. The van der Waals surface area contributed by atoms with Gasteiger partial charge in [-0.25, -0.2) is 0 Å². The van der Waals surface area contributed by atoms with Crippen LogP contribution in [-0.2, 0) is 16.1 Å². The van der Waals surface area contributed by atoms with E-state index in [9.17, 15) is 9.59 Å². The Labute approximate surface area is 111 Å². The van der Waals surface area contributed by atoms with Gasteiger partial charge in [0.25, 0.3) is 0 Å². The molecule has 5 heteroatoms. The summed E-state index contributed by atoms with van der Waals surface area (Å²) in [7, 11) is 0. The summed E-state index contributed by atoms with van der Waals surface area (Å²) < 4.78 is 0. The third kappa shape index (κ3) is 2.80. The number of nitriles is 1. The number of carbonyl (C=O) groups excluding carboxylic acids is 2. The average molecular weight is 257 g/mol. The van der Waals surface area contributed by atoms with Crippen molar-refractivity contribution in [1.29, 1.82) is 5.26 Å². The van der Waals surface area contributed by atoms with Crippen LogP contribution in [0, 0.1) is 11.3 Å². The molecule has 1 aromatic rings.